The molecule has 4 heteroatoms. The molecule has 2 rings (SSSR count). The van der Waals surface area contributed by atoms with Crippen molar-refractivity contribution in [3.8, 4) is 0 Å². The molecule has 0 amide bonds. The van der Waals surface area contributed by atoms with E-state index in [0.29, 0.717) is 11.3 Å². The number of fused-ring (bicyclic) bond motifs is 1. The van der Waals surface area contributed by atoms with Crippen molar-refractivity contribution in [3.63, 3.8) is 0 Å². The number of hydrogen-bond donors (Lipinski definition) is 1. The molecule has 3 nitrogen and oxygen atoms in total. The molecule has 0 fully saturated rings. The highest BCUT2D eigenvalue weighted by Gasteiger charge is 2.19. The maximum Gasteiger partial charge on any atom is 0.200 e. The van der Waals surface area contributed by atoms with Gasteiger partial charge in [-0.25, -0.2) is 8.42 Å². The van der Waals surface area contributed by atoms with E-state index in [4.69, 9.17) is 5.11 Å². The third-order valence-corrected chi connectivity index (χ3v) is 3.69. The Morgan fingerprint density at radius 3 is 2.79 bits per heavy atom. The van der Waals surface area contributed by atoms with Crippen molar-refractivity contribution in [1.82, 2.24) is 0 Å². The zero-order valence-electron chi connectivity index (χ0n) is 7.47. The molecule has 1 heterocycles. The maximum absolute atomic E-state index is 11.4. The van der Waals surface area contributed by atoms with E-state index >= 15 is 0 Å². The largest absolute Gasteiger partial charge is 0.396 e. The molecule has 0 saturated carbocycles. The van der Waals surface area contributed by atoms with Crippen molar-refractivity contribution in [2.75, 3.05) is 6.61 Å². The van der Waals surface area contributed by atoms with Gasteiger partial charge in [-0.1, -0.05) is 12.1 Å². The minimum absolute atomic E-state index is 0.0786. The van der Waals surface area contributed by atoms with Crippen LogP contribution in [0, 0.1) is 0 Å². The van der Waals surface area contributed by atoms with Crippen LogP contribution in [0.3, 0.4) is 0 Å². The molecule has 0 atom stereocenters. The lowest BCUT2D eigenvalue weighted by atomic mass is 10.1. The molecular weight excluding hydrogens is 200 g/mol. The summed E-state index contributed by atoms with van der Waals surface area (Å²) in [6.45, 7) is 0.0786. The summed E-state index contributed by atoms with van der Waals surface area (Å²) in [5.74, 6) is 0. The molecule has 1 aliphatic rings. The van der Waals surface area contributed by atoms with Crippen LogP contribution in [0.4, 0.5) is 0 Å². The quantitative estimate of drug-likeness (QED) is 0.791. The van der Waals surface area contributed by atoms with Crippen LogP contribution < -0.4 is 0 Å². The fourth-order valence-corrected chi connectivity index (χ4v) is 2.69. The summed E-state index contributed by atoms with van der Waals surface area (Å²) in [7, 11) is -3.18. The minimum Gasteiger partial charge on any atom is -0.396 e. The van der Waals surface area contributed by atoms with Gasteiger partial charge in [0.25, 0.3) is 0 Å². The minimum atomic E-state index is -3.18. The van der Waals surface area contributed by atoms with Gasteiger partial charge in [-0.3, -0.25) is 0 Å². The molecule has 0 saturated heterocycles. The lowest BCUT2D eigenvalue weighted by Crippen LogP contribution is -1.96. The first-order chi connectivity index (χ1) is 6.63. The van der Waals surface area contributed by atoms with E-state index in [2.05, 4.69) is 0 Å². The molecule has 0 aromatic heterocycles. The molecule has 0 unspecified atom stereocenters. The Morgan fingerprint density at radius 1 is 1.29 bits per heavy atom. The second-order valence-electron chi connectivity index (χ2n) is 3.19. The van der Waals surface area contributed by atoms with Gasteiger partial charge >= 0.3 is 0 Å². The monoisotopic (exact) mass is 210 g/mol. The van der Waals surface area contributed by atoms with Gasteiger partial charge in [0.2, 0.25) is 0 Å². The summed E-state index contributed by atoms with van der Waals surface area (Å²) in [6, 6.07) is 5.13. The lowest BCUT2D eigenvalue weighted by Gasteiger charge is -2.01. The number of aliphatic hydroxyl groups is 1. The molecule has 1 aliphatic heterocycles. The van der Waals surface area contributed by atoms with E-state index in [1.54, 1.807) is 24.3 Å². The molecule has 0 spiro atoms. The van der Waals surface area contributed by atoms with Gasteiger partial charge in [0, 0.05) is 12.0 Å². The fourth-order valence-electron chi connectivity index (χ4n) is 1.51. The smallest absolute Gasteiger partial charge is 0.200 e. The van der Waals surface area contributed by atoms with E-state index in [9.17, 15) is 8.42 Å². The van der Waals surface area contributed by atoms with E-state index in [1.807, 2.05) is 0 Å². The number of hydrogen-bond acceptors (Lipinski definition) is 3. The van der Waals surface area contributed by atoms with E-state index < -0.39 is 9.84 Å². The lowest BCUT2D eigenvalue weighted by molar-refractivity contribution is 0.299. The second-order valence-corrected chi connectivity index (χ2v) is 5.00. The Hall–Kier alpha value is -1.13. The average Bonchev–Trinajstić information content (AvgIpc) is 2.43. The van der Waals surface area contributed by atoms with Crippen LogP contribution in [-0.2, 0) is 16.3 Å². The zero-order chi connectivity index (χ0) is 10.2. The topological polar surface area (TPSA) is 54.4 Å². The summed E-state index contributed by atoms with van der Waals surface area (Å²) in [5, 5.41) is 9.94. The molecule has 1 aromatic rings. The van der Waals surface area contributed by atoms with Crippen LogP contribution >= 0.6 is 0 Å². The van der Waals surface area contributed by atoms with Gasteiger partial charge in [0.15, 0.2) is 9.84 Å². The number of rotatable bonds is 2. The van der Waals surface area contributed by atoms with E-state index in [-0.39, 0.29) is 6.61 Å². The van der Waals surface area contributed by atoms with Crippen molar-refractivity contribution < 1.29 is 13.5 Å². The molecule has 1 aromatic carbocycles. The van der Waals surface area contributed by atoms with Gasteiger partial charge in [0.05, 0.1) is 4.90 Å². The number of sulfone groups is 1. The first kappa shape index (κ1) is 9.43. The first-order valence-electron chi connectivity index (χ1n) is 4.30. The van der Waals surface area contributed by atoms with Crippen LogP contribution in [0.2, 0.25) is 0 Å². The molecule has 0 bridgehead atoms. The Bertz CT molecular complexity index is 486. The number of benzene rings is 1. The third-order valence-electron chi connectivity index (χ3n) is 2.21. The predicted molar refractivity (Wildman–Crippen MR) is 53.5 cm³/mol. The van der Waals surface area contributed by atoms with Crippen LogP contribution in [0.25, 0.3) is 6.08 Å². The van der Waals surface area contributed by atoms with E-state index in [0.717, 1.165) is 11.1 Å². The molecule has 0 aliphatic carbocycles. The molecule has 0 radical (unpaired) electrons. The van der Waals surface area contributed by atoms with Crippen LogP contribution in [-0.4, -0.2) is 20.1 Å². The Balaban J connectivity index is 2.49. The van der Waals surface area contributed by atoms with Crippen molar-refractivity contribution in [3.05, 3.63) is 34.7 Å². The van der Waals surface area contributed by atoms with Gasteiger partial charge in [-0.05, 0) is 29.7 Å². The Kier molecular flexibility index (Phi) is 2.17. The zero-order valence-corrected chi connectivity index (χ0v) is 8.29. The molecule has 14 heavy (non-hydrogen) atoms. The summed E-state index contributed by atoms with van der Waals surface area (Å²) in [6.07, 6.45) is 2.15. The van der Waals surface area contributed by atoms with Crippen LogP contribution in [0.1, 0.15) is 11.1 Å². The predicted octanol–water partition coefficient (Wildman–Crippen LogP) is 0.979. The average molecular weight is 210 g/mol. The maximum atomic E-state index is 11.4. The highest BCUT2D eigenvalue weighted by Crippen LogP contribution is 2.27. The van der Waals surface area contributed by atoms with Gasteiger partial charge in [-0.15, -0.1) is 0 Å². The first-order valence-corrected chi connectivity index (χ1v) is 5.85. The normalized spacial score (nSPS) is 16.9. The second kappa shape index (κ2) is 3.22. The van der Waals surface area contributed by atoms with Gasteiger partial charge in [0.1, 0.15) is 0 Å². The van der Waals surface area contributed by atoms with Crippen LogP contribution in [0.5, 0.6) is 0 Å². The van der Waals surface area contributed by atoms with Gasteiger partial charge in [-0.2, -0.15) is 0 Å². The summed E-state index contributed by atoms with van der Waals surface area (Å²) < 4.78 is 22.8. The van der Waals surface area contributed by atoms with Crippen molar-refractivity contribution >= 4 is 15.9 Å². The molecule has 74 valence electrons. The third kappa shape index (κ3) is 1.47. The SMILES string of the molecule is O=S1(=O)C=Cc2cc(CCO)ccc21. The van der Waals surface area contributed by atoms with Crippen LogP contribution in [0.15, 0.2) is 28.5 Å². The van der Waals surface area contributed by atoms with E-state index in [1.165, 1.54) is 5.41 Å². The summed E-state index contributed by atoms with van der Waals surface area (Å²) in [5.41, 5.74) is 1.67. The summed E-state index contributed by atoms with van der Waals surface area (Å²) >= 11 is 0. The highest BCUT2D eigenvalue weighted by atomic mass is 32.2. The van der Waals surface area contributed by atoms with Crippen molar-refractivity contribution in [2.24, 2.45) is 0 Å². The molecule has 1 N–H and O–H groups in total. The standard InChI is InChI=1S/C10H10O3S/c11-5-3-8-1-2-10-9(7-8)4-6-14(10,12)13/h1-2,4,6-7,11H,3,5H2. The Labute approximate surface area is 82.6 Å². The fraction of sp³-hybridized carbons (Fsp3) is 0.200. The number of aliphatic hydroxyl groups excluding tert-OH is 1. The Morgan fingerprint density at radius 2 is 2.07 bits per heavy atom. The molecular formula is C10H10O3S. The van der Waals surface area contributed by atoms with Gasteiger partial charge < -0.3 is 5.11 Å². The highest BCUT2D eigenvalue weighted by molar-refractivity contribution is 7.94. The van der Waals surface area contributed by atoms with Crippen molar-refractivity contribution in [2.45, 2.75) is 11.3 Å². The van der Waals surface area contributed by atoms with Crippen molar-refractivity contribution in [1.29, 1.82) is 0 Å². The summed E-state index contributed by atoms with van der Waals surface area (Å²) in [4.78, 5) is 0.360.